The molecule has 2 saturated carbocycles. The van der Waals surface area contributed by atoms with Gasteiger partial charge in [0.2, 0.25) is 15.9 Å². The Balaban J connectivity index is 1.75. The minimum absolute atomic E-state index is 0.0101. The smallest absolute Gasteiger partial charge is 0.368 e. The largest absolute Gasteiger partial charge is 0.391 e. The van der Waals surface area contributed by atoms with Gasteiger partial charge in [0.15, 0.2) is 0 Å². The molecule has 3 atom stereocenters. The monoisotopic (exact) mass is 368 g/mol. The van der Waals surface area contributed by atoms with Crippen LogP contribution in [0.2, 0.25) is 0 Å². The molecular formula is C15H23F3N2O3S. The lowest BCUT2D eigenvalue weighted by molar-refractivity contribution is -0.181. The van der Waals surface area contributed by atoms with E-state index in [1.165, 1.54) is 4.31 Å². The molecule has 0 bridgehead atoms. The van der Waals surface area contributed by atoms with Crippen molar-refractivity contribution in [3.63, 3.8) is 0 Å². The van der Waals surface area contributed by atoms with Crippen LogP contribution in [0.1, 0.15) is 44.9 Å². The highest BCUT2D eigenvalue weighted by molar-refractivity contribution is 7.89. The Hall–Kier alpha value is -0.830. The fraction of sp³-hybridized carbons (Fsp3) is 0.933. The molecule has 3 aliphatic rings. The van der Waals surface area contributed by atoms with Crippen LogP contribution >= 0.6 is 0 Å². The van der Waals surface area contributed by atoms with Crippen molar-refractivity contribution in [1.29, 1.82) is 0 Å². The zero-order valence-corrected chi connectivity index (χ0v) is 14.2. The van der Waals surface area contributed by atoms with E-state index in [1.807, 2.05) is 0 Å². The van der Waals surface area contributed by atoms with E-state index < -0.39 is 39.3 Å². The Morgan fingerprint density at radius 2 is 1.67 bits per heavy atom. The summed E-state index contributed by atoms with van der Waals surface area (Å²) in [5.41, 5.74) is 5.46. The molecule has 2 N–H and O–H groups in total. The molecule has 0 aromatic heterocycles. The molecule has 0 aromatic carbocycles. The van der Waals surface area contributed by atoms with Crippen molar-refractivity contribution >= 4 is 15.9 Å². The summed E-state index contributed by atoms with van der Waals surface area (Å²) in [4.78, 5) is 11.8. The lowest BCUT2D eigenvalue weighted by Gasteiger charge is -2.33. The maximum Gasteiger partial charge on any atom is 0.391 e. The lowest BCUT2D eigenvalue weighted by atomic mass is 9.88. The Bertz CT molecular complexity index is 600. The van der Waals surface area contributed by atoms with Gasteiger partial charge in [0.25, 0.3) is 0 Å². The number of carbonyl (C=O) groups excluding carboxylic acids is 1. The number of carbonyl (C=O) groups is 1. The van der Waals surface area contributed by atoms with E-state index in [-0.39, 0.29) is 44.1 Å². The maximum absolute atomic E-state index is 12.9. The van der Waals surface area contributed by atoms with Gasteiger partial charge in [-0.2, -0.15) is 17.5 Å². The van der Waals surface area contributed by atoms with Gasteiger partial charge in [0.1, 0.15) is 6.04 Å². The highest BCUT2D eigenvalue weighted by Gasteiger charge is 2.53. The van der Waals surface area contributed by atoms with Crippen LogP contribution in [0.15, 0.2) is 0 Å². The second-order valence-corrected chi connectivity index (χ2v) is 9.50. The summed E-state index contributed by atoms with van der Waals surface area (Å²) in [5, 5.41) is -0.836. The molecule has 5 nitrogen and oxygen atoms in total. The summed E-state index contributed by atoms with van der Waals surface area (Å²) >= 11 is 0. The van der Waals surface area contributed by atoms with Crippen LogP contribution in [-0.2, 0) is 14.8 Å². The first-order valence-electron chi connectivity index (χ1n) is 8.49. The van der Waals surface area contributed by atoms with Crippen molar-refractivity contribution in [1.82, 2.24) is 4.31 Å². The molecule has 0 spiro atoms. The number of primary amides is 1. The van der Waals surface area contributed by atoms with Crippen molar-refractivity contribution in [3.8, 4) is 0 Å². The molecule has 3 unspecified atom stereocenters. The molecule has 9 heteroatoms. The highest BCUT2D eigenvalue weighted by Crippen LogP contribution is 2.46. The van der Waals surface area contributed by atoms with Gasteiger partial charge < -0.3 is 5.73 Å². The minimum Gasteiger partial charge on any atom is -0.368 e. The number of nitrogens with two attached hydrogens (primary N) is 1. The van der Waals surface area contributed by atoms with E-state index in [9.17, 15) is 26.4 Å². The number of amides is 1. The third-order valence-electron chi connectivity index (χ3n) is 6.02. The first kappa shape index (κ1) is 18.0. The number of hydrogen-bond donors (Lipinski definition) is 1. The van der Waals surface area contributed by atoms with E-state index in [2.05, 4.69) is 0 Å². The van der Waals surface area contributed by atoms with Crippen LogP contribution in [0.25, 0.3) is 0 Å². The van der Waals surface area contributed by atoms with E-state index in [1.54, 1.807) is 0 Å². The molecule has 138 valence electrons. The number of hydrogen-bond acceptors (Lipinski definition) is 3. The number of rotatable bonds is 3. The first-order valence-corrected chi connectivity index (χ1v) is 9.99. The van der Waals surface area contributed by atoms with Gasteiger partial charge in [0.05, 0.1) is 11.2 Å². The average Bonchev–Trinajstić information content (AvgIpc) is 3.06. The van der Waals surface area contributed by atoms with Crippen LogP contribution in [0.4, 0.5) is 13.2 Å². The number of halogens is 3. The summed E-state index contributed by atoms with van der Waals surface area (Å²) in [6, 6.07) is -0.831. The SMILES string of the molecule is NC(=O)C1C2CCCC2CN1S(=O)(=O)C1CCC(C(F)(F)F)CC1. The van der Waals surface area contributed by atoms with Crippen molar-refractivity contribution in [2.75, 3.05) is 6.54 Å². The number of sulfonamides is 1. The summed E-state index contributed by atoms with van der Waals surface area (Å²) in [6.07, 6.45) is -2.01. The Morgan fingerprint density at radius 3 is 2.21 bits per heavy atom. The van der Waals surface area contributed by atoms with Crippen molar-refractivity contribution < 1.29 is 26.4 Å². The molecule has 1 heterocycles. The summed E-state index contributed by atoms with van der Waals surface area (Å²) in [7, 11) is -3.80. The van der Waals surface area contributed by atoms with E-state index in [0.29, 0.717) is 0 Å². The second-order valence-electron chi connectivity index (χ2n) is 7.33. The van der Waals surface area contributed by atoms with Crippen molar-refractivity contribution in [3.05, 3.63) is 0 Å². The first-order chi connectivity index (χ1) is 11.1. The molecule has 1 aliphatic heterocycles. The molecule has 3 fully saturated rings. The Kier molecular flexibility index (Phi) is 4.61. The predicted octanol–water partition coefficient (Wildman–Crippen LogP) is 2.02. The summed E-state index contributed by atoms with van der Waals surface area (Å²) in [5.74, 6) is -1.96. The Labute approximate surface area is 139 Å². The average molecular weight is 368 g/mol. The van der Waals surface area contributed by atoms with Crippen LogP contribution < -0.4 is 5.73 Å². The molecule has 0 aromatic rings. The van der Waals surface area contributed by atoms with E-state index >= 15 is 0 Å². The molecule has 0 radical (unpaired) electrons. The van der Waals surface area contributed by atoms with Crippen LogP contribution in [0, 0.1) is 17.8 Å². The third kappa shape index (κ3) is 3.05. The van der Waals surface area contributed by atoms with Crippen LogP contribution in [-0.4, -0.2) is 42.6 Å². The Morgan fingerprint density at radius 1 is 1.04 bits per heavy atom. The molecular weight excluding hydrogens is 345 g/mol. The van der Waals surface area contributed by atoms with Gasteiger partial charge in [-0.15, -0.1) is 0 Å². The van der Waals surface area contributed by atoms with Crippen LogP contribution in [0.5, 0.6) is 0 Å². The highest BCUT2D eigenvalue weighted by atomic mass is 32.2. The topological polar surface area (TPSA) is 80.5 Å². The molecule has 1 amide bonds. The molecule has 2 aliphatic carbocycles. The van der Waals surface area contributed by atoms with Gasteiger partial charge in [0, 0.05) is 6.54 Å². The predicted molar refractivity (Wildman–Crippen MR) is 81.2 cm³/mol. The normalized spacial score (nSPS) is 38.2. The van der Waals surface area contributed by atoms with Crippen molar-refractivity contribution in [2.45, 2.75) is 62.4 Å². The zero-order chi connectivity index (χ0) is 17.7. The molecule has 3 rings (SSSR count). The van der Waals surface area contributed by atoms with Gasteiger partial charge in [-0.05, 0) is 50.4 Å². The quantitative estimate of drug-likeness (QED) is 0.828. The van der Waals surface area contributed by atoms with E-state index in [4.69, 9.17) is 5.73 Å². The zero-order valence-electron chi connectivity index (χ0n) is 13.3. The maximum atomic E-state index is 12.9. The number of alkyl halides is 3. The molecule has 1 saturated heterocycles. The van der Waals surface area contributed by atoms with Gasteiger partial charge in [-0.1, -0.05) is 6.42 Å². The third-order valence-corrected chi connectivity index (χ3v) is 8.37. The van der Waals surface area contributed by atoms with Crippen LogP contribution in [0.3, 0.4) is 0 Å². The second kappa shape index (κ2) is 6.16. The van der Waals surface area contributed by atoms with Crippen molar-refractivity contribution in [2.24, 2.45) is 23.5 Å². The van der Waals surface area contributed by atoms with E-state index in [0.717, 1.165) is 19.3 Å². The standard InChI is InChI=1S/C15H23F3N2O3S/c16-15(17,18)10-4-6-11(7-5-10)24(22,23)20-8-9-2-1-3-12(9)13(20)14(19)21/h9-13H,1-8H2,(H2,19,21). The summed E-state index contributed by atoms with van der Waals surface area (Å²) < 4.78 is 65.4. The van der Waals surface area contributed by atoms with Gasteiger partial charge in [-0.3, -0.25) is 4.79 Å². The van der Waals surface area contributed by atoms with Gasteiger partial charge >= 0.3 is 6.18 Å². The van der Waals surface area contributed by atoms with Gasteiger partial charge in [-0.25, -0.2) is 8.42 Å². The fourth-order valence-corrected chi connectivity index (χ4v) is 6.99. The lowest BCUT2D eigenvalue weighted by Crippen LogP contribution is -2.50. The minimum atomic E-state index is -4.27. The fourth-order valence-electron chi connectivity index (χ4n) is 4.76. The molecule has 24 heavy (non-hydrogen) atoms. The number of fused-ring (bicyclic) bond motifs is 1. The summed E-state index contributed by atoms with van der Waals surface area (Å²) in [6.45, 7) is 0.278. The number of nitrogens with zero attached hydrogens (tertiary/aromatic N) is 1.